The average Bonchev–Trinajstić information content (AvgIpc) is 2.99. The molecule has 0 amide bonds. The van der Waals surface area contributed by atoms with Crippen LogP contribution in [0.5, 0.6) is 0 Å². The zero-order valence-electron chi connectivity index (χ0n) is 11.9. The van der Waals surface area contributed by atoms with E-state index in [0.29, 0.717) is 0 Å². The van der Waals surface area contributed by atoms with E-state index >= 15 is 0 Å². The molecule has 0 bridgehead atoms. The fraction of sp³-hybridized carbons (Fsp3) is 0.312. The highest BCUT2D eigenvalue weighted by molar-refractivity contribution is 7.11. The van der Waals surface area contributed by atoms with Crippen LogP contribution in [-0.2, 0) is 6.54 Å². The number of para-hydroxylation sites is 1. The lowest BCUT2D eigenvalue weighted by Gasteiger charge is -2.10. The maximum absolute atomic E-state index is 5.79. The molecule has 4 heteroatoms. The molecule has 0 saturated heterocycles. The number of aryl methyl sites for hydroxylation is 2. The highest BCUT2D eigenvalue weighted by atomic mass is 32.1. The van der Waals surface area contributed by atoms with E-state index < -0.39 is 0 Å². The minimum absolute atomic E-state index is 0.252. The van der Waals surface area contributed by atoms with Crippen LogP contribution in [0.4, 0.5) is 0 Å². The van der Waals surface area contributed by atoms with E-state index in [4.69, 9.17) is 4.42 Å². The van der Waals surface area contributed by atoms with Crippen LogP contribution in [0.15, 0.2) is 34.9 Å². The van der Waals surface area contributed by atoms with E-state index in [9.17, 15) is 0 Å². The van der Waals surface area contributed by atoms with E-state index in [1.165, 1.54) is 15.8 Å². The first-order valence-corrected chi connectivity index (χ1v) is 7.59. The Bertz CT molecular complexity index is 729. The molecule has 0 saturated carbocycles. The Balaban J connectivity index is 1.78. The van der Waals surface area contributed by atoms with Crippen LogP contribution in [0.2, 0.25) is 0 Å². The fourth-order valence-corrected chi connectivity index (χ4v) is 3.16. The number of rotatable bonds is 4. The number of thiazole rings is 1. The maximum Gasteiger partial charge on any atom is 0.134 e. The molecule has 104 valence electrons. The van der Waals surface area contributed by atoms with Gasteiger partial charge in [0.05, 0.1) is 6.04 Å². The number of hydrogen-bond donors (Lipinski definition) is 1. The molecule has 0 spiro atoms. The van der Waals surface area contributed by atoms with Gasteiger partial charge in [-0.15, -0.1) is 11.3 Å². The van der Waals surface area contributed by atoms with Crippen molar-refractivity contribution >= 4 is 22.3 Å². The van der Waals surface area contributed by atoms with Gasteiger partial charge in [-0.05, 0) is 26.8 Å². The van der Waals surface area contributed by atoms with Gasteiger partial charge in [0, 0.05) is 28.6 Å². The Morgan fingerprint density at radius 1 is 1.30 bits per heavy atom. The lowest BCUT2D eigenvalue weighted by atomic mass is 10.1. The Kier molecular flexibility index (Phi) is 3.59. The van der Waals surface area contributed by atoms with Crippen molar-refractivity contribution in [2.45, 2.75) is 33.4 Å². The largest absolute Gasteiger partial charge is 0.461 e. The van der Waals surface area contributed by atoms with Crippen molar-refractivity contribution in [1.29, 1.82) is 0 Å². The standard InChI is InChI=1S/C16H18N2OS/c1-10-8-18-16(20-10)11(2)17-9-14-12(3)19-15-7-5-4-6-13(14)15/h4-8,11,17H,9H2,1-3H3. The van der Waals surface area contributed by atoms with Crippen LogP contribution in [0.3, 0.4) is 0 Å². The first-order chi connectivity index (χ1) is 9.65. The molecule has 1 N–H and O–H groups in total. The molecular formula is C16H18N2OS. The van der Waals surface area contributed by atoms with Crippen molar-refractivity contribution in [2.24, 2.45) is 0 Å². The van der Waals surface area contributed by atoms with Gasteiger partial charge in [-0.2, -0.15) is 0 Å². The highest BCUT2D eigenvalue weighted by Crippen LogP contribution is 2.26. The Morgan fingerprint density at radius 3 is 2.85 bits per heavy atom. The van der Waals surface area contributed by atoms with E-state index in [1.807, 2.05) is 25.3 Å². The summed E-state index contributed by atoms with van der Waals surface area (Å²) in [5.74, 6) is 0.987. The SMILES string of the molecule is Cc1cnc(C(C)NCc2c(C)oc3ccccc23)s1. The number of fused-ring (bicyclic) bond motifs is 1. The molecule has 3 nitrogen and oxygen atoms in total. The van der Waals surface area contributed by atoms with Crippen molar-refractivity contribution in [3.05, 3.63) is 51.7 Å². The van der Waals surface area contributed by atoms with Crippen molar-refractivity contribution in [3.8, 4) is 0 Å². The molecule has 0 radical (unpaired) electrons. The molecule has 1 aromatic carbocycles. The molecule has 1 unspecified atom stereocenters. The summed E-state index contributed by atoms with van der Waals surface area (Å²) in [5.41, 5.74) is 2.19. The number of nitrogens with zero attached hydrogens (tertiary/aromatic N) is 1. The summed E-state index contributed by atoms with van der Waals surface area (Å²) in [5, 5.41) is 5.86. The van der Waals surface area contributed by atoms with Crippen molar-refractivity contribution in [3.63, 3.8) is 0 Å². The van der Waals surface area contributed by atoms with Gasteiger partial charge in [0.2, 0.25) is 0 Å². The number of furan rings is 1. The van der Waals surface area contributed by atoms with Crippen LogP contribution in [0.1, 0.15) is 34.2 Å². The Morgan fingerprint density at radius 2 is 2.10 bits per heavy atom. The van der Waals surface area contributed by atoms with Crippen molar-refractivity contribution in [2.75, 3.05) is 0 Å². The molecule has 3 aromatic rings. The molecule has 0 aliphatic heterocycles. The van der Waals surface area contributed by atoms with Gasteiger partial charge in [0.25, 0.3) is 0 Å². The van der Waals surface area contributed by atoms with Gasteiger partial charge < -0.3 is 9.73 Å². The van der Waals surface area contributed by atoms with Gasteiger partial charge in [-0.25, -0.2) is 4.98 Å². The smallest absolute Gasteiger partial charge is 0.134 e. The number of aromatic nitrogens is 1. The van der Waals surface area contributed by atoms with Crippen LogP contribution in [0.25, 0.3) is 11.0 Å². The lowest BCUT2D eigenvalue weighted by molar-refractivity contribution is 0.543. The zero-order chi connectivity index (χ0) is 14.1. The van der Waals surface area contributed by atoms with Crippen LogP contribution >= 0.6 is 11.3 Å². The normalized spacial score (nSPS) is 12.9. The van der Waals surface area contributed by atoms with Gasteiger partial charge in [-0.1, -0.05) is 18.2 Å². The Hall–Kier alpha value is -1.65. The third kappa shape index (κ3) is 2.49. The molecule has 2 aromatic heterocycles. The zero-order valence-corrected chi connectivity index (χ0v) is 12.8. The maximum atomic E-state index is 5.79. The van der Waals surface area contributed by atoms with Crippen LogP contribution in [-0.4, -0.2) is 4.98 Å². The van der Waals surface area contributed by atoms with E-state index in [1.54, 1.807) is 11.3 Å². The summed E-state index contributed by atoms with van der Waals surface area (Å²) in [6, 6.07) is 8.43. The van der Waals surface area contributed by atoms with Crippen molar-refractivity contribution in [1.82, 2.24) is 10.3 Å². The van der Waals surface area contributed by atoms with E-state index in [-0.39, 0.29) is 6.04 Å². The van der Waals surface area contributed by atoms with Crippen LogP contribution < -0.4 is 5.32 Å². The average molecular weight is 286 g/mol. The molecular weight excluding hydrogens is 268 g/mol. The summed E-state index contributed by atoms with van der Waals surface area (Å²) in [4.78, 5) is 5.68. The topological polar surface area (TPSA) is 38.1 Å². The van der Waals surface area contributed by atoms with Gasteiger partial charge >= 0.3 is 0 Å². The fourth-order valence-electron chi connectivity index (χ4n) is 2.36. The quantitative estimate of drug-likeness (QED) is 0.774. The first kappa shape index (κ1) is 13.3. The van der Waals surface area contributed by atoms with Crippen LogP contribution in [0, 0.1) is 13.8 Å². The number of hydrogen-bond acceptors (Lipinski definition) is 4. The summed E-state index contributed by atoms with van der Waals surface area (Å²) >= 11 is 1.74. The minimum atomic E-state index is 0.252. The number of nitrogens with one attached hydrogen (secondary N) is 1. The third-order valence-electron chi connectivity index (χ3n) is 3.49. The second-order valence-electron chi connectivity index (χ2n) is 5.04. The highest BCUT2D eigenvalue weighted by Gasteiger charge is 2.13. The molecule has 20 heavy (non-hydrogen) atoms. The van der Waals surface area contributed by atoms with Gasteiger partial charge in [0.15, 0.2) is 0 Å². The summed E-state index contributed by atoms with van der Waals surface area (Å²) in [6.07, 6.45) is 1.93. The monoisotopic (exact) mass is 286 g/mol. The Labute approximate surface area is 122 Å². The van der Waals surface area contributed by atoms with E-state index in [2.05, 4.69) is 36.3 Å². The van der Waals surface area contributed by atoms with Crippen molar-refractivity contribution < 1.29 is 4.42 Å². The molecule has 0 fully saturated rings. The molecule has 0 aliphatic rings. The summed E-state index contributed by atoms with van der Waals surface area (Å²) < 4.78 is 5.79. The van der Waals surface area contributed by atoms with Gasteiger partial charge in [0.1, 0.15) is 16.4 Å². The summed E-state index contributed by atoms with van der Waals surface area (Å²) in [6.45, 7) is 7.05. The molecule has 1 atom stereocenters. The number of benzene rings is 1. The lowest BCUT2D eigenvalue weighted by Crippen LogP contribution is -2.18. The second-order valence-corrected chi connectivity index (χ2v) is 6.31. The first-order valence-electron chi connectivity index (χ1n) is 6.78. The molecule has 0 aliphatic carbocycles. The third-order valence-corrected chi connectivity index (χ3v) is 4.59. The molecule has 2 heterocycles. The second kappa shape index (κ2) is 5.38. The predicted octanol–water partition coefficient (Wildman–Crippen LogP) is 4.36. The summed E-state index contributed by atoms with van der Waals surface area (Å²) in [7, 11) is 0. The minimum Gasteiger partial charge on any atom is -0.461 e. The molecule has 3 rings (SSSR count). The predicted molar refractivity (Wildman–Crippen MR) is 83.1 cm³/mol. The van der Waals surface area contributed by atoms with Gasteiger partial charge in [-0.3, -0.25) is 0 Å². The van der Waals surface area contributed by atoms with E-state index in [0.717, 1.165) is 22.9 Å².